The molecular formula is C37H21NO2. The number of nitrogens with zero attached hydrogens (tertiary/aromatic N) is 1. The Bertz CT molecular complexity index is 2290. The van der Waals surface area contributed by atoms with Crippen LogP contribution in [0.4, 0.5) is 0 Å². The van der Waals surface area contributed by atoms with Crippen molar-refractivity contribution in [2.75, 3.05) is 0 Å². The summed E-state index contributed by atoms with van der Waals surface area (Å²) in [7, 11) is 0. The van der Waals surface area contributed by atoms with Gasteiger partial charge in [-0.2, -0.15) is 5.26 Å². The molecule has 0 saturated carbocycles. The van der Waals surface area contributed by atoms with Crippen LogP contribution in [0.5, 0.6) is 0 Å². The smallest absolute Gasteiger partial charge is 0.143 e. The van der Waals surface area contributed by atoms with Gasteiger partial charge in [0.1, 0.15) is 22.3 Å². The minimum atomic E-state index is 0.625. The minimum absolute atomic E-state index is 0.625. The molecule has 0 saturated heterocycles. The molecule has 2 aromatic heterocycles. The van der Waals surface area contributed by atoms with Crippen molar-refractivity contribution in [3.05, 3.63) is 133 Å². The van der Waals surface area contributed by atoms with Gasteiger partial charge in [-0.3, -0.25) is 0 Å². The van der Waals surface area contributed by atoms with E-state index < -0.39 is 0 Å². The molecular weight excluding hydrogens is 490 g/mol. The normalized spacial score (nSPS) is 11.5. The highest BCUT2D eigenvalue weighted by Crippen LogP contribution is 2.42. The van der Waals surface area contributed by atoms with Gasteiger partial charge in [0, 0.05) is 27.1 Å². The maximum absolute atomic E-state index is 9.63. The quantitative estimate of drug-likeness (QED) is 0.237. The van der Waals surface area contributed by atoms with E-state index in [1.807, 2.05) is 54.6 Å². The summed E-state index contributed by atoms with van der Waals surface area (Å²) in [6.07, 6.45) is 0. The third-order valence-corrected chi connectivity index (χ3v) is 7.73. The molecule has 186 valence electrons. The van der Waals surface area contributed by atoms with Crippen LogP contribution in [0.1, 0.15) is 5.56 Å². The van der Waals surface area contributed by atoms with Crippen LogP contribution in [0.25, 0.3) is 77.3 Å². The summed E-state index contributed by atoms with van der Waals surface area (Å²) >= 11 is 0. The highest BCUT2D eigenvalue weighted by Gasteiger charge is 2.17. The van der Waals surface area contributed by atoms with Crippen LogP contribution in [-0.4, -0.2) is 0 Å². The lowest BCUT2D eigenvalue weighted by Gasteiger charge is -2.14. The van der Waals surface area contributed by atoms with Crippen molar-refractivity contribution < 1.29 is 8.83 Å². The molecule has 0 unspecified atom stereocenters. The molecule has 8 rings (SSSR count). The molecule has 8 aromatic rings. The molecule has 0 radical (unpaired) electrons. The third kappa shape index (κ3) is 3.44. The average Bonchev–Trinajstić information content (AvgIpc) is 3.59. The first kappa shape index (κ1) is 22.4. The number of furan rings is 2. The van der Waals surface area contributed by atoms with E-state index in [9.17, 15) is 5.26 Å². The van der Waals surface area contributed by atoms with Crippen LogP contribution in [0.15, 0.2) is 136 Å². The SMILES string of the molecule is N#Cc1cccc(-c2cc(-c3ccc4c(c3)oc3ccccc34)ccc2-c2cccc3c2oc2ccccc23)c1. The Balaban J connectivity index is 1.36. The second-order valence-corrected chi connectivity index (χ2v) is 10.0. The number of hydrogen-bond donors (Lipinski definition) is 0. The first-order valence-electron chi connectivity index (χ1n) is 13.2. The van der Waals surface area contributed by atoms with Crippen LogP contribution >= 0.6 is 0 Å². The van der Waals surface area contributed by atoms with Crippen LogP contribution in [-0.2, 0) is 0 Å². The molecule has 6 aromatic carbocycles. The average molecular weight is 512 g/mol. The summed E-state index contributed by atoms with van der Waals surface area (Å²) in [5.41, 5.74) is 10.3. The number of fused-ring (bicyclic) bond motifs is 6. The van der Waals surface area contributed by atoms with E-state index in [0.717, 1.165) is 77.3 Å². The molecule has 3 nitrogen and oxygen atoms in total. The molecule has 0 bridgehead atoms. The third-order valence-electron chi connectivity index (χ3n) is 7.73. The summed E-state index contributed by atoms with van der Waals surface area (Å²) < 4.78 is 12.6. The summed E-state index contributed by atoms with van der Waals surface area (Å²) in [6.45, 7) is 0. The van der Waals surface area contributed by atoms with Gasteiger partial charge in [-0.25, -0.2) is 0 Å². The summed E-state index contributed by atoms with van der Waals surface area (Å²) in [5, 5.41) is 14.0. The Labute approximate surface area is 230 Å². The molecule has 0 N–H and O–H groups in total. The van der Waals surface area contributed by atoms with E-state index in [1.54, 1.807) is 0 Å². The summed E-state index contributed by atoms with van der Waals surface area (Å²) in [5.74, 6) is 0. The second kappa shape index (κ2) is 8.73. The van der Waals surface area contributed by atoms with Gasteiger partial charge in [0.2, 0.25) is 0 Å². The molecule has 0 spiro atoms. The minimum Gasteiger partial charge on any atom is -0.456 e. The zero-order valence-electron chi connectivity index (χ0n) is 21.4. The number of nitriles is 1. The van der Waals surface area contributed by atoms with E-state index in [-0.39, 0.29) is 0 Å². The van der Waals surface area contributed by atoms with Crippen molar-refractivity contribution in [3.8, 4) is 39.4 Å². The molecule has 3 heteroatoms. The Hall–Kier alpha value is -5.59. The Morgan fingerprint density at radius 2 is 1.10 bits per heavy atom. The van der Waals surface area contributed by atoms with Gasteiger partial charge in [0.05, 0.1) is 11.6 Å². The van der Waals surface area contributed by atoms with Crippen molar-refractivity contribution >= 4 is 43.9 Å². The van der Waals surface area contributed by atoms with Crippen molar-refractivity contribution in [1.29, 1.82) is 5.26 Å². The topological polar surface area (TPSA) is 50.1 Å². The number of hydrogen-bond acceptors (Lipinski definition) is 3. The Morgan fingerprint density at radius 3 is 1.95 bits per heavy atom. The highest BCUT2D eigenvalue weighted by molar-refractivity contribution is 6.11. The number of benzene rings is 6. The lowest BCUT2D eigenvalue weighted by atomic mass is 9.89. The predicted molar refractivity (Wildman–Crippen MR) is 162 cm³/mol. The molecule has 0 atom stereocenters. The zero-order chi connectivity index (χ0) is 26.6. The van der Waals surface area contributed by atoms with E-state index in [0.29, 0.717) is 5.56 Å². The fourth-order valence-corrected chi connectivity index (χ4v) is 5.82. The summed E-state index contributed by atoms with van der Waals surface area (Å²) in [4.78, 5) is 0. The predicted octanol–water partition coefficient (Wildman–Crippen LogP) is 10.4. The van der Waals surface area contributed by atoms with Crippen molar-refractivity contribution in [3.63, 3.8) is 0 Å². The highest BCUT2D eigenvalue weighted by atomic mass is 16.3. The maximum Gasteiger partial charge on any atom is 0.143 e. The van der Waals surface area contributed by atoms with Gasteiger partial charge in [0.15, 0.2) is 0 Å². The molecule has 0 aliphatic heterocycles. The standard InChI is InChI=1S/C37H21NO2/c38-22-23-7-5-8-26(19-23)33-20-24(25-16-18-30-28-9-1-3-13-34(28)39-36(30)21-25)15-17-27(33)31-11-6-12-32-29-10-2-4-14-35(29)40-37(31)32/h1-21H. The molecule has 0 aliphatic rings. The van der Waals surface area contributed by atoms with Crippen LogP contribution in [0.3, 0.4) is 0 Å². The van der Waals surface area contributed by atoms with E-state index >= 15 is 0 Å². The monoisotopic (exact) mass is 511 g/mol. The first-order chi connectivity index (χ1) is 19.8. The fraction of sp³-hybridized carbons (Fsp3) is 0. The zero-order valence-corrected chi connectivity index (χ0v) is 21.4. The van der Waals surface area contributed by atoms with E-state index in [1.165, 1.54) is 0 Å². The van der Waals surface area contributed by atoms with Gasteiger partial charge in [-0.05, 0) is 70.3 Å². The van der Waals surface area contributed by atoms with Crippen LogP contribution in [0, 0.1) is 11.3 Å². The number of rotatable bonds is 3. The Morgan fingerprint density at radius 1 is 0.425 bits per heavy atom. The van der Waals surface area contributed by atoms with Gasteiger partial charge < -0.3 is 8.83 Å². The van der Waals surface area contributed by atoms with Crippen molar-refractivity contribution in [2.24, 2.45) is 0 Å². The lowest BCUT2D eigenvalue weighted by Crippen LogP contribution is -1.89. The van der Waals surface area contributed by atoms with Crippen molar-refractivity contribution in [2.45, 2.75) is 0 Å². The van der Waals surface area contributed by atoms with Gasteiger partial charge in [-0.15, -0.1) is 0 Å². The van der Waals surface area contributed by atoms with Gasteiger partial charge in [-0.1, -0.05) is 84.9 Å². The Kier molecular flexibility index (Phi) is 4.89. The van der Waals surface area contributed by atoms with Crippen molar-refractivity contribution in [1.82, 2.24) is 0 Å². The van der Waals surface area contributed by atoms with Crippen LogP contribution < -0.4 is 0 Å². The molecule has 0 amide bonds. The first-order valence-corrected chi connectivity index (χ1v) is 13.2. The number of para-hydroxylation sites is 3. The van der Waals surface area contributed by atoms with E-state index in [2.05, 4.69) is 78.9 Å². The second-order valence-electron chi connectivity index (χ2n) is 10.0. The lowest BCUT2D eigenvalue weighted by molar-refractivity contribution is 0.669. The molecule has 0 aliphatic carbocycles. The largest absolute Gasteiger partial charge is 0.456 e. The van der Waals surface area contributed by atoms with E-state index in [4.69, 9.17) is 8.83 Å². The fourth-order valence-electron chi connectivity index (χ4n) is 5.82. The van der Waals surface area contributed by atoms with Gasteiger partial charge >= 0.3 is 0 Å². The molecule has 40 heavy (non-hydrogen) atoms. The van der Waals surface area contributed by atoms with Gasteiger partial charge in [0.25, 0.3) is 0 Å². The summed E-state index contributed by atoms with van der Waals surface area (Å²) in [6, 6.07) is 45.5. The van der Waals surface area contributed by atoms with Crippen LogP contribution in [0.2, 0.25) is 0 Å². The molecule has 2 heterocycles. The molecule has 0 fully saturated rings. The maximum atomic E-state index is 9.63.